The smallest absolute Gasteiger partial charge is 0.328 e. The molecule has 0 fully saturated rings. The van der Waals surface area contributed by atoms with Crippen molar-refractivity contribution in [2.45, 2.75) is 30.6 Å². The lowest BCUT2D eigenvalue weighted by Gasteiger charge is -2.20. The number of carboxylic acid groups (broad SMARTS) is 1. The second-order valence-electron chi connectivity index (χ2n) is 6.34. The van der Waals surface area contributed by atoms with E-state index in [9.17, 15) is 13.2 Å². The Hall–Kier alpha value is -2.80. The average Bonchev–Trinajstić information content (AvgIpc) is 2.66. The van der Waals surface area contributed by atoms with Gasteiger partial charge in [0.2, 0.25) is 0 Å². The molecule has 142 valence electrons. The number of aliphatic carboxylic acids is 1. The number of fused-ring (bicyclic) bond motifs is 1. The predicted molar refractivity (Wildman–Crippen MR) is 104 cm³/mol. The number of ether oxygens (including phenoxy) is 1. The van der Waals surface area contributed by atoms with E-state index >= 15 is 0 Å². The Morgan fingerprint density at radius 1 is 1.19 bits per heavy atom. The Morgan fingerprint density at radius 3 is 2.70 bits per heavy atom. The highest BCUT2D eigenvalue weighted by atomic mass is 32.2. The van der Waals surface area contributed by atoms with Crippen LogP contribution in [0.2, 0.25) is 0 Å². The fourth-order valence-electron chi connectivity index (χ4n) is 3.25. The molecule has 3 rings (SSSR count). The molecule has 2 aromatic rings. The average molecular weight is 387 g/mol. The molecule has 2 N–H and O–H groups in total. The van der Waals surface area contributed by atoms with E-state index in [0.29, 0.717) is 11.3 Å². The van der Waals surface area contributed by atoms with Crippen LogP contribution in [-0.4, -0.2) is 26.6 Å². The minimum absolute atomic E-state index is 0.0362. The number of benzene rings is 2. The molecule has 2 aromatic carbocycles. The molecule has 0 aromatic heterocycles. The molecule has 6 nitrogen and oxygen atoms in total. The van der Waals surface area contributed by atoms with Crippen LogP contribution in [0.4, 0.5) is 5.69 Å². The maximum Gasteiger partial charge on any atom is 0.328 e. The molecule has 0 bridgehead atoms. The van der Waals surface area contributed by atoms with E-state index in [2.05, 4.69) is 4.72 Å². The Kier molecular flexibility index (Phi) is 5.51. The molecule has 0 spiro atoms. The van der Waals surface area contributed by atoms with Crippen LogP contribution < -0.4 is 9.46 Å². The molecule has 0 unspecified atom stereocenters. The van der Waals surface area contributed by atoms with Crippen LogP contribution >= 0.6 is 0 Å². The van der Waals surface area contributed by atoms with Gasteiger partial charge in [0, 0.05) is 6.08 Å². The molecule has 1 aliphatic rings. The molecule has 1 aliphatic carbocycles. The van der Waals surface area contributed by atoms with Crippen LogP contribution in [0.15, 0.2) is 47.4 Å². The van der Waals surface area contributed by atoms with Crippen LogP contribution in [0.25, 0.3) is 6.08 Å². The number of aryl methyl sites for hydroxylation is 1. The van der Waals surface area contributed by atoms with Crippen molar-refractivity contribution in [3.8, 4) is 5.75 Å². The van der Waals surface area contributed by atoms with Crippen LogP contribution in [0.5, 0.6) is 5.75 Å². The summed E-state index contributed by atoms with van der Waals surface area (Å²) in [7, 11) is -2.51. The highest BCUT2D eigenvalue weighted by Gasteiger charge is 2.22. The lowest BCUT2D eigenvalue weighted by molar-refractivity contribution is -0.131. The zero-order chi connectivity index (χ0) is 19.4. The number of methoxy groups -OCH3 is 1. The van der Waals surface area contributed by atoms with E-state index in [4.69, 9.17) is 9.84 Å². The molecule has 0 atom stereocenters. The Morgan fingerprint density at radius 2 is 1.96 bits per heavy atom. The molecule has 0 amide bonds. The molecule has 0 aliphatic heterocycles. The van der Waals surface area contributed by atoms with E-state index in [1.165, 1.54) is 30.9 Å². The van der Waals surface area contributed by atoms with E-state index in [0.717, 1.165) is 37.3 Å². The van der Waals surface area contributed by atoms with Crippen molar-refractivity contribution in [3.63, 3.8) is 0 Å². The SMILES string of the molecule is COc1ccc(C=CC(=O)O)cc1S(=O)(=O)Nc1cccc2c1CCCC2. The lowest BCUT2D eigenvalue weighted by atomic mass is 9.91. The third-order valence-electron chi connectivity index (χ3n) is 4.54. The molecule has 0 saturated carbocycles. The second kappa shape index (κ2) is 7.84. The summed E-state index contributed by atoms with van der Waals surface area (Å²) in [6, 6.07) is 10.2. The van der Waals surface area contributed by atoms with Crippen molar-refractivity contribution >= 4 is 27.8 Å². The zero-order valence-electron chi connectivity index (χ0n) is 14.9. The Bertz CT molecular complexity index is 995. The van der Waals surface area contributed by atoms with Crippen molar-refractivity contribution in [3.05, 3.63) is 59.2 Å². The molecule has 0 heterocycles. The first-order chi connectivity index (χ1) is 12.9. The van der Waals surface area contributed by atoms with Gasteiger partial charge in [0.05, 0.1) is 12.8 Å². The number of nitrogens with one attached hydrogen (secondary N) is 1. The summed E-state index contributed by atoms with van der Waals surface area (Å²) >= 11 is 0. The van der Waals surface area contributed by atoms with E-state index < -0.39 is 16.0 Å². The molecule has 7 heteroatoms. The number of rotatable bonds is 6. The number of anilines is 1. The third kappa shape index (κ3) is 4.31. The van der Waals surface area contributed by atoms with Crippen LogP contribution in [0, 0.1) is 0 Å². The molecular weight excluding hydrogens is 366 g/mol. The fraction of sp³-hybridized carbons (Fsp3) is 0.250. The summed E-state index contributed by atoms with van der Waals surface area (Å²) in [4.78, 5) is 10.7. The lowest BCUT2D eigenvalue weighted by Crippen LogP contribution is -2.17. The number of carboxylic acids is 1. The first-order valence-electron chi connectivity index (χ1n) is 8.63. The van der Waals surface area contributed by atoms with Gasteiger partial charge in [-0.1, -0.05) is 18.2 Å². The Labute approximate surface area is 158 Å². The molecule has 27 heavy (non-hydrogen) atoms. The largest absolute Gasteiger partial charge is 0.495 e. The summed E-state index contributed by atoms with van der Waals surface area (Å²) in [6.07, 6.45) is 6.22. The van der Waals surface area contributed by atoms with Crippen molar-refractivity contribution in [1.82, 2.24) is 0 Å². The van der Waals surface area contributed by atoms with Gasteiger partial charge in [0.15, 0.2) is 0 Å². The van der Waals surface area contributed by atoms with Gasteiger partial charge in [-0.05, 0) is 66.6 Å². The predicted octanol–water partition coefficient (Wildman–Crippen LogP) is 3.47. The topological polar surface area (TPSA) is 92.7 Å². The van der Waals surface area contributed by atoms with Gasteiger partial charge < -0.3 is 9.84 Å². The quantitative estimate of drug-likeness (QED) is 0.741. The van der Waals surface area contributed by atoms with Crippen LogP contribution in [-0.2, 0) is 27.7 Å². The number of carbonyl (C=O) groups is 1. The minimum Gasteiger partial charge on any atom is -0.495 e. The number of hydrogen-bond donors (Lipinski definition) is 2. The monoisotopic (exact) mass is 387 g/mol. The van der Waals surface area contributed by atoms with Crippen LogP contribution in [0.1, 0.15) is 29.5 Å². The highest BCUT2D eigenvalue weighted by molar-refractivity contribution is 7.92. The summed E-state index contributed by atoms with van der Waals surface area (Å²) < 4.78 is 33.9. The maximum absolute atomic E-state index is 13.0. The standard InChI is InChI=1S/C20H21NO5S/c1-26-18-11-9-14(10-12-20(22)23)13-19(18)27(24,25)21-17-8-4-6-15-5-2-3-7-16(15)17/h4,6,8-13,21H,2-3,5,7H2,1H3,(H,22,23). The summed E-state index contributed by atoms with van der Waals surface area (Å²) in [6.45, 7) is 0. The van der Waals surface area contributed by atoms with Crippen LogP contribution in [0.3, 0.4) is 0 Å². The first-order valence-corrected chi connectivity index (χ1v) is 10.1. The van der Waals surface area contributed by atoms with E-state index in [1.807, 2.05) is 12.1 Å². The third-order valence-corrected chi connectivity index (χ3v) is 5.92. The van der Waals surface area contributed by atoms with Gasteiger partial charge in [-0.25, -0.2) is 13.2 Å². The highest BCUT2D eigenvalue weighted by Crippen LogP contribution is 2.32. The van der Waals surface area contributed by atoms with E-state index in [1.54, 1.807) is 12.1 Å². The fourth-order valence-corrected chi connectivity index (χ4v) is 4.55. The van der Waals surface area contributed by atoms with Gasteiger partial charge in [-0.2, -0.15) is 0 Å². The Balaban J connectivity index is 1.99. The second-order valence-corrected chi connectivity index (χ2v) is 7.99. The van der Waals surface area contributed by atoms with E-state index in [-0.39, 0.29) is 10.6 Å². The van der Waals surface area contributed by atoms with Gasteiger partial charge >= 0.3 is 5.97 Å². The molecular formula is C20H21NO5S. The van der Waals surface area contributed by atoms with Crippen molar-refractivity contribution in [2.75, 3.05) is 11.8 Å². The molecule has 0 radical (unpaired) electrons. The number of hydrogen-bond acceptors (Lipinski definition) is 4. The van der Waals surface area contributed by atoms with Gasteiger partial charge in [0.1, 0.15) is 10.6 Å². The zero-order valence-corrected chi connectivity index (χ0v) is 15.8. The summed E-state index contributed by atoms with van der Waals surface area (Å²) in [5.41, 5.74) is 3.24. The molecule has 0 saturated heterocycles. The summed E-state index contributed by atoms with van der Waals surface area (Å²) in [5.74, 6) is -0.913. The van der Waals surface area contributed by atoms with Gasteiger partial charge in [-0.15, -0.1) is 0 Å². The maximum atomic E-state index is 13.0. The summed E-state index contributed by atoms with van der Waals surface area (Å²) in [5, 5.41) is 8.77. The number of sulfonamides is 1. The minimum atomic E-state index is -3.91. The van der Waals surface area contributed by atoms with Gasteiger partial charge in [0.25, 0.3) is 10.0 Å². The van der Waals surface area contributed by atoms with Gasteiger partial charge in [-0.3, -0.25) is 4.72 Å². The van der Waals surface area contributed by atoms with Crippen molar-refractivity contribution in [1.29, 1.82) is 0 Å². The first kappa shape index (κ1) is 19.0. The van der Waals surface area contributed by atoms with Crippen molar-refractivity contribution < 1.29 is 23.1 Å². The normalized spacial score (nSPS) is 14.0. The van der Waals surface area contributed by atoms with Crippen molar-refractivity contribution in [2.24, 2.45) is 0 Å².